The molecule has 1 aromatic carbocycles. The van der Waals surface area contributed by atoms with Gasteiger partial charge in [-0.3, -0.25) is 14.9 Å². The molecule has 0 radical (unpaired) electrons. The highest BCUT2D eigenvalue weighted by atomic mass is 16.6. The van der Waals surface area contributed by atoms with Crippen molar-refractivity contribution in [3.05, 3.63) is 38.9 Å². The van der Waals surface area contributed by atoms with Crippen molar-refractivity contribution in [1.29, 1.82) is 0 Å². The lowest BCUT2D eigenvalue weighted by molar-refractivity contribution is -0.386. The number of nitrogens with zero attached hydrogens (tertiary/aromatic N) is 1. The van der Waals surface area contributed by atoms with Gasteiger partial charge < -0.3 is 10.2 Å². The van der Waals surface area contributed by atoms with E-state index in [0.717, 1.165) is 6.07 Å². The first-order valence-electron chi connectivity index (χ1n) is 4.53. The minimum absolute atomic E-state index is 0.202. The second kappa shape index (κ2) is 4.71. The first kappa shape index (κ1) is 12.8. The quantitative estimate of drug-likeness (QED) is 0.456. The van der Waals surface area contributed by atoms with Crippen LogP contribution in [0.25, 0.3) is 0 Å². The number of aryl methyl sites for hydroxylation is 1. The molecule has 0 aliphatic heterocycles. The van der Waals surface area contributed by atoms with Gasteiger partial charge in [0.05, 0.1) is 10.5 Å². The molecular formula is C10H9NO6. The summed E-state index contributed by atoms with van der Waals surface area (Å²) in [6.07, 6.45) is -1.82. The topological polar surface area (TPSA) is 118 Å². The van der Waals surface area contributed by atoms with E-state index in [1.165, 1.54) is 13.0 Å². The van der Waals surface area contributed by atoms with Crippen LogP contribution in [0.1, 0.15) is 27.6 Å². The van der Waals surface area contributed by atoms with Gasteiger partial charge >= 0.3 is 5.97 Å². The molecule has 1 rings (SSSR count). The molecule has 7 nitrogen and oxygen atoms in total. The minimum atomic E-state index is -2.10. The molecular weight excluding hydrogens is 230 g/mol. The zero-order valence-corrected chi connectivity index (χ0v) is 8.78. The summed E-state index contributed by atoms with van der Waals surface area (Å²) in [5.41, 5.74) is -0.850. The molecule has 17 heavy (non-hydrogen) atoms. The summed E-state index contributed by atoms with van der Waals surface area (Å²) >= 11 is 0. The number of aldehydes is 1. The van der Waals surface area contributed by atoms with Crippen molar-refractivity contribution in [2.45, 2.75) is 13.0 Å². The molecule has 90 valence electrons. The number of carbonyl (C=O) groups is 2. The maximum atomic E-state index is 10.8. The Morgan fingerprint density at radius 3 is 2.53 bits per heavy atom. The van der Waals surface area contributed by atoms with Gasteiger partial charge in [-0.25, -0.2) is 4.79 Å². The smallest absolute Gasteiger partial charge is 0.337 e. The summed E-state index contributed by atoms with van der Waals surface area (Å²) < 4.78 is 0. The summed E-state index contributed by atoms with van der Waals surface area (Å²) in [5, 5.41) is 28.8. The van der Waals surface area contributed by atoms with Gasteiger partial charge in [0.2, 0.25) is 0 Å². The lowest BCUT2D eigenvalue weighted by Crippen LogP contribution is -2.15. The third kappa shape index (κ3) is 2.45. The molecule has 2 N–H and O–H groups in total. The van der Waals surface area contributed by atoms with Gasteiger partial charge in [0, 0.05) is 11.6 Å². The number of carbonyl (C=O) groups excluding carboxylic acids is 1. The highest BCUT2D eigenvalue weighted by Gasteiger charge is 2.29. The van der Waals surface area contributed by atoms with Gasteiger partial charge in [0.25, 0.3) is 5.69 Å². The Morgan fingerprint density at radius 2 is 2.12 bits per heavy atom. The van der Waals surface area contributed by atoms with E-state index in [1.807, 2.05) is 0 Å². The van der Waals surface area contributed by atoms with Gasteiger partial charge in [0.1, 0.15) is 0 Å². The van der Waals surface area contributed by atoms with Crippen LogP contribution in [0.2, 0.25) is 0 Å². The number of nitro groups is 1. The molecule has 0 saturated carbocycles. The van der Waals surface area contributed by atoms with E-state index in [9.17, 15) is 24.8 Å². The molecule has 0 amide bonds. The molecule has 0 saturated heterocycles. The van der Waals surface area contributed by atoms with Crippen LogP contribution < -0.4 is 0 Å². The van der Waals surface area contributed by atoms with E-state index in [1.54, 1.807) is 0 Å². The van der Waals surface area contributed by atoms with Crippen LogP contribution in [0.15, 0.2) is 12.1 Å². The first-order valence-corrected chi connectivity index (χ1v) is 4.53. The van der Waals surface area contributed by atoms with E-state index in [-0.39, 0.29) is 11.8 Å². The fourth-order valence-corrected chi connectivity index (χ4v) is 1.48. The highest BCUT2D eigenvalue weighted by Crippen LogP contribution is 2.29. The summed E-state index contributed by atoms with van der Waals surface area (Å²) in [4.78, 5) is 31.3. The number of hydrogen-bond donors (Lipinski definition) is 2. The van der Waals surface area contributed by atoms with Crippen LogP contribution in [0.5, 0.6) is 0 Å². The van der Waals surface area contributed by atoms with Crippen LogP contribution in [0, 0.1) is 17.0 Å². The number of carboxylic acids is 1. The molecule has 1 aromatic rings. The number of hydrogen-bond acceptors (Lipinski definition) is 5. The molecule has 0 bridgehead atoms. The van der Waals surface area contributed by atoms with Crippen molar-refractivity contribution in [3.8, 4) is 0 Å². The van der Waals surface area contributed by atoms with Crippen molar-refractivity contribution in [2.24, 2.45) is 0 Å². The maximum absolute atomic E-state index is 10.8. The molecule has 0 heterocycles. The fourth-order valence-electron chi connectivity index (χ4n) is 1.48. The van der Waals surface area contributed by atoms with Gasteiger partial charge in [-0.1, -0.05) is 0 Å². The number of aliphatic hydroxyl groups is 1. The van der Waals surface area contributed by atoms with Crippen LogP contribution in [0.4, 0.5) is 5.69 Å². The Morgan fingerprint density at radius 1 is 1.53 bits per heavy atom. The Hall–Kier alpha value is -2.28. The third-order valence-corrected chi connectivity index (χ3v) is 2.17. The Bertz CT molecular complexity index is 496. The molecule has 0 fully saturated rings. The lowest BCUT2D eigenvalue weighted by Gasteiger charge is -2.10. The molecule has 1 atom stereocenters. The van der Waals surface area contributed by atoms with Crippen molar-refractivity contribution in [3.63, 3.8) is 0 Å². The Labute approximate surface area is 95.5 Å². The van der Waals surface area contributed by atoms with Crippen molar-refractivity contribution >= 4 is 17.9 Å². The first-order chi connectivity index (χ1) is 7.88. The Kier molecular flexibility index (Phi) is 3.54. The van der Waals surface area contributed by atoms with Crippen LogP contribution in [-0.4, -0.2) is 27.4 Å². The second-order valence-corrected chi connectivity index (χ2v) is 3.40. The van der Waals surface area contributed by atoms with Gasteiger partial charge in [-0.05, 0) is 18.6 Å². The van der Waals surface area contributed by atoms with Crippen molar-refractivity contribution in [1.82, 2.24) is 0 Å². The van der Waals surface area contributed by atoms with E-state index in [2.05, 4.69) is 0 Å². The fraction of sp³-hybridized carbons (Fsp3) is 0.200. The van der Waals surface area contributed by atoms with Crippen molar-refractivity contribution in [2.75, 3.05) is 0 Å². The third-order valence-electron chi connectivity index (χ3n) is 2.17. The summed E-state index contributed by atoms with van der Waals surface area (Å²) in [6.45, 7) is 1.52. The van der Waals surface area contributed by atoms with Crippen LogP contribution >= 0.6 is 0 Å². The number of carboxylic acid groups (broad SMARTS) is 1. The van der Waals surface area contributed by atoms with Crippen LogP contribution in [0.3, 0.4) is 0 Å². The standard InChI is InChI=1S/C10H9NO6/c1-5-2-6(4-12)8(9(13)10(14)15)7(3-5)11(16)17/h2-4,9,13H,1H3,(H,14,15). The van der Waals surface area contributed by atoms with E-state index < -0.39 is 28.2 Å². The average Bonchev–Trinajstić information content (AvgIpc) is 2.26. The number of benzene rings is 1. The van der Waals surface area contributed by atoms with Crippen molar-refractivity contribution < 1.29 is 24.7 Å². The molecule has 0 aromatic heterocycles. The predicted molar refractivity (Wildman–Crippen MR) is 55.8 cm³/mol. The number of rotatable bonds is 4. The van der Waals surface area contributed by atoms with Gasteiger partial charge in [0.15, 0.2) is 12.4 Å². The second-order valence-electron chi connectivity index (χ2n) is 3.40. The minimum Gasteiger partial charge on any atom is -0.479 e. The van der Waals surface area contributed by atoms with Crippen LogP contribution in [-0.2, 0) is 4.79 Å². The largest absolute Gasteiger partial charge is 0.479 e. The molecule has 1 unspecified atom stereocenters. The monoisotopic (exact) mass is 239 g/mol. The predicted octanol–water partition coefficient (Wildman–Crippen LogP) is 0.834. The number of aliphatic hydroxyl groups excluding tert-OH is 1. The average molecular weight is 239 g/mol. The molecule has 0 aliphatic carbocycles. The highest BCUT2D eigenvalue weighted by molar-refractivity contribution is 5.86. The summed E-state index contributed by atoms with van der Waals surface area (Å²) in [5.74, 6) is -1.65. The zero-order chi connectivity index (χ0) is 13.2. The number of aliphatic carboxylic acids is 1. The van der Waals surface area contributed by atoms with E-state index in [4.69, 9.17) is 5.11 Å². The lowest BCUT2D eigenvalue weighted by atomic mass is 9.98. The van der Waals surface area contributed by atoms with E-state index in [0.29, 0.717) is 5.56 Å². The zero-order valence-electron chi connectivity index (χ0n) is 8.78. The number of nitro benzene ring substituents is 1. The van der Waals surface area contributed by atoms with Gasteiger partial charge in [-0.15, -0.1) is 0 Å². The molecule has 7 heteroatoms. The molecule has 0 aliphatic rings. The summed E-state index contributed by atoms with van der Waals surface area (Å²) in [6, 6.07) is 2.38. The van der Waals surface area contributed by atoms with Gasteiger partial charge in [-0.2, -0.15) is 0 Å². The summed E-state index contributed by atoms with van der Waals surface area (Å²) in [7, 11) is 0. The normalized spacial score (nSPS) is 11.9. The SMILES string of the molecule is Cc1cc(C=O)c(C(O)C(=O)O)c([N+](=O)[O-])c1. The van der Waals surface area contributed by atoms with E-state index >= 15 is 0 Å². The Balaban J connectivity index is 3.58. The maximum Gasteiger partial charge on any atom is 0.337 e. The molecule has 0 spiro atoms.